The Morgan fingerprint density at radius 2 is 1.97 bits per heavy atom. The molecule has 0 aromatic heterocycles. The van der Waals surface area contributed by atoms with Gasteiger partial charge in [0.15, 0.2) is 6.61 Å². The lowest BCUT2D eigenvalue weighted by Crippen LogP contribution is -2.43. The highest BCUT2D eigenvalue weighted by atomic mass is 35.5. The minimum Gasteiger partial charge on any atom is -0.495 e. The SMILES string of the molecule is COc1ccc(Cl)cc1NC(=O)COC(=O)[C@@H]1CC(=O)N(NC(=O)c2ccccc2[N+](=O)[O-])C1. The number of hydrogen-bond donors (Lipinski definition) is 2. The van der Waals surface area contributed by atoms with Crippen LogP contribution in [0.3, 0.4) is 0 Å². The zero-order valence-corrected chi connectivity index (χ0v) is 18.5. The number of halogens is 1. The van der Waals surface area contributed by atoms with Gasteiger partial charge in [0, 0.05) is 17.5 Å². The second-order valence-corrected chi connectivity index (χ2v) is 7.56. The van der Waals surface area contributed by atoms with Gasteiger partial charge in [0.1, 0.15) is 11.3 Å². The highest BCUT2D eigenvalue weighted by molar-refractivity contribution is 6.31. The highest BCUT2D eigenvalue weighted by Crippen LogP contribution is 2.27. The molecule has 13 heteroatoms. The predicted molar refractivity (Wildman–Crippen MR) is 118 cm³/mol. The van der Waals surface area contributed by atoms with E-state index < -0.39 is 46.8 Å². The molecular weight excluding hydrogens is 472 g/mol. The maximum Gasteiger partial charge on any atom is 0.311 e. The maximum absolute atomic E-state index is 12.4. The number of methoxy groups -OCH3 is 1. The summed E-state index contributed by atoms with van der Waals surface area (Å²) in [6.45, 7) is -0.838. The molecule has 0 bridgehead atoms. The first-order valence-corrected chi connectivity index (χ1v) is 10.2. The van der Waals surface area contributed by atoms with Crippen LogP contribution in [0.2, 0.25) is 5.02 Å². The number of esters is 1. The van der Waals surface area contributed by atoms with E-state index in [-0.39, 0.29) is 24.2 Å². The second-order valence-electron chi connectivity index (χ2n) is 7.12. The van der Waals surface area contributed by atoms with Gasteiger partial charge in [-0.1, -0.05) is 23.7 Å². The number of benzene rings is 2. The Labute approximate surface area is 197 Å². The quantitative estimate of drug-likeness (QED) is 0.323. The van der Waals surface area contributed by atoms with Gasteiger partial charge in [-0.3, -0.25) is 39.7 Å². The van der Waals surface area contributed by atoms with Crippen LogP contribution in [-0.4, -0.2) is 53.9 Å². The molecule has 0 unspecified atom stereocenters. The third-order valence-electron chi connectivity index (χ3n) is 4.82. The van der Waals surface area contributed by atoms with Crippen LogP contribution in [0.5, 0.6) is 5.75 Å². The molecule has 2 aromatic carbocycles. The molecule has 0 radical (unpaired) electrons. The number of anilines is 1. The van der Waals surface area contributed by atoms with E-state index in [2.05, 4.69) is 10.7 Å². The molecule has 1 heterocycles. The average molecular weight is 491 g/mol. The van der Waals surface area contributed by atoms with Crippen LogP contribution in [-0.2, 0) is 19.1 Å². The summed E-state index contributed by atoms with van der Waals surface area (Å²) in [5.41, 5.74) is 1.89. The van der Waals surface area contributed by atoms with Gasteiger partial charge in [0.2, 0.25) is 5.91 Å². The van der Waals surface area contributed by atoms with E-state index in [4.69, 9.17) is 21.1 Å². The van der Waals surface area contributed by atoms with Crippen LogP contribution in [0.1, 0.15) is 16.8 Å². The van der Waals surface area contributed by atoms with Crippen molar-refractivity contribution in [1.82, 2.24) is 10.4 Å². The predicted octanol–water partition coefficient (Wildman–Crippen LogP) is 1.93. The first-order chi connectivity index (χ1) is 16.2. The standard InChI is InChI=1S/C21H19ClN4O8/c1-33-17-7-6-13(22)9-15(17)23-18(27)11-34-21(30)12-8-19(28)25(10-12)24-20(29)14-4-2-3-5-16(14)26(31)32/h2-7,9,12H,8,10-11H2,1H3,(H,23,27)(H,24,29)/t12-/m1/s1. The number of nitrogens with one attached hydrogen (secondary N) is 2. The summed E-state index contributed by atoms with van der Waals surface area (Å²) < 4.78 is 10.1. The number of carbonyl (C=O) groups excluding carboxylic acids is 4. The average Bonchev–Trinajstić information content (AvgIpc) is 3.17. The van der Waals surface area contributed by atoms with Crippen LogP contribution in [0.4, 0.5) is 11.4 Å². The zero-order valence-electron chi connectivity index (χ0n) is 17.8. The Balaban J connectivity index is 1.54. The molecule has 1 fully saturated rings. The molecule has 2 aromatic rings. The third-order valence-corrected chi connectivity index (χ3v) is 5.06. The molecule has 12 nitrogen and oxygen atoms in total. The summed E-state index contributed by atoms with van der Waals surface area (Å²) in [6, 6.07) is 9.85. The molecule has 2 N–H and O–H groups in total. The third kappa shape index (κ3) is 5.78. The van der Waals surface area contributed by atoms with Crippen molar-refractivity contribution in [3.05, 3.63) is 63.2 Å². The van der Waals surface area contributed by atoms with Crippen LogP contribution >= 0.6 is 11.6 Å². The number of carbonyl (C=O) groups is 4. The molecule has 1 atom stereocenters. The number of hydrazine groups is 1. The maximum atomic E-state index is 12.4. The summed E-state index contributed by atoms with van der Waals surface area (Å²) in [5.74, 6) is -3.50. The van der Waals surface area contributed by atoms with Gasteiger partial charge in [-0.15, -0.1) is 0 Å². The number of hydrogen-bond acceptors (Lipinski definition) is 8. The first-order valence-electron chi connectivity index (χ1n) is 9.84. The van der Waals surface area contributed by atoms with Crippen molar-refractivity contribution in [2.24, 2.45) is 5.92 Å². The smallest absolute Gasteiger partial charge is 0.311 e. The summed E-state index contributed by atoms with van der Waals surface area (Å²) in [6.07, 6.45) is -0.264. The normalized spacial score (nSPS) is 14.9. The molecule has 0 aliphatic carbocycles. The molecule has 1 aliphatic heterocycles. The number of ether oxygens (including phenoxy) is 2. The molecule has 0 saturated carbocycles. The van der Waals surface area contributed by atoms with Gasteiger partial charge in [0.25, 0.3) is 17.5 Å². The summed E-state index contributed by atoms with van der Waals surface area (Å²) in [5, 5.41) is 14.9. The van der Waals surface area contributed by atoms with E-state index in [1.54, 1.807) is 12.1 Å². The Morgan fingerprint density at radius 1 is 1.24 bits per heavy atom. The summed E-state index contributed by atoms with van der Waals surface area (Å²) in [7, 11) is 1.41. The first kappa shape index (κ1) is 24.5. The number of nitro groups is 1. The molecule has 178 valence electrons. The Kier molecular flexibility index (Phi) is 7.64. The Hall–Kier alpha value is -4.19. The van der Waals surface area contributed by atoms with Crippen LogP contribution < -0.4 is 15.5 Å². The number of amides is 3. The minimum absolute atomic E-state index is 0.215. The van der Waals surface area contributed by atoms with Gasteiger partial charge in [-0.25, -0.2) is 0 Å². The van der Waals surface area contributed by atoms with Crippen molar-refractivity contribution < 1.29 is 33.6 Å². The fraction of sp³-hybridized carbons (Fsp3) is 0.238. The van der Waals surface area contributed by atoms with Gasteiger partial charge >= 0.3 is 5.97 Å². The van der Waals surface area contributed by atoms with Gasteiger partial charge in [-0.05, 0) is 24.3 Å². The molecule has 1 aliphatic rings. The monoisotopic (exact) mass is 490 g/mol. The topological polar surface area (TPSA) is 157 Å². The van der Waals surface area contributed by atoms with E-state index >= 15 is 0 Å². The molecule has 3 rings (SSSR count). The number of nitro benzene ring substituents is 1. The van der Waals surface area contributed by atoms with Crippen molar-refractivity contribution in [2.75, 3.05) is 25.6 Å². The van der Waals surface area contributed by atoms with Crippen LogP contribution in [0.15, 0.2) is 42.5 Å². The van der Waals surface area contributed by atoms with Crippen LogP contribution in [0.25, 0.3) is 0 Å². The Bertz CT molecular complexity index is 1160. The largest absolute Gasteiger partial charge is 0.495 e. The van der Waals surface area contributed by atoms with Crippen molar-refractivity contribution in [2.45, 2.75) is 6.42 Å². The van der Waals surface area contributed by atoms with E-state index in [0.29, 0.717) is 10.8 Å². The molecule has 3 amide bonds. The van der Waals surface area contributed by atoms with Crippen molar-refractivity contribution in [1.29, 1.82) is 0 Å². The summed E-state index contributed by atoms with van der Waals surface area (Å²) in [4.78, 5) is 59.5. The van der Waals surface area contributed by atoms with E-state index in [1.165, 1.54) is 31.4 Å². The molecule has 0 spiro atoms. The van der Waals surface area contributed by atoms with Gasteiger partial charge in [-0.2, -0.15) is 0 Å². The zero-order chi connectivity index (χ0) is 24.8. The number of nitrogens with zero attached hydrogens (tertiary/aromatic N) is 2. The molecular formula is C21H19ClN4O8. The van der Waals surface area contributed by atoms with E-state index in [0.717, 1.165) is 11.1 Å². The molecule has 34 heavy (non-hydrogen) atoms. The summed E-state index contributed by atoms with van der Waals surface area (Å²) >= 11 is 5.91. The van der Waals surface area contributed by atoms with Gasteiger partial charge < -0.3 is 14.8 Å². The Morgan fingerprint density at radius 3 is 2.68 bits per heavy atom. The fourth-order valence-corrected chi connectivity index (χ4v) is 3.37. The van der Waals surface area contributed by atoms with Gasteiger partial charge in [0.05, 0.1) is 30.2 Å². The lowest BCUT2D eigenvalue weighted by atomic mass is 10.1. The lowest BCUT2D eigenvalue weighted by molar-refractivity contribution is -0.385. The van der Waals surface area contributed by atoms with Crippen molar-refractivity contribution >= 4 is 46.7 Å². The fourth-order valence-electron chi connectivity index (χ4n) is 3.20. The van der Waals surface area contributed by atoms with E-state index in [1.807, 2.05) is 0 Å². The number of rotatable bonds is 8. The highest BCUT2D eigenvalue weighted by Gasteiger charge is 2.37. The van der Waals surface area contributed by atoms with Crippen molar-refractivity contribution in [3.63, 3.8) is 0 Å². The number of para-hydroxylation sites is 1. The minimum atomic E-state index is -0.938. The lowest BCUT2D eigenvalue weighted by Gasteiger charge is -2.17. The van der Waals surface area contributed by atoms with Crippen LogP contribution in [0, 0.1) is 16.0 Å². The molecule has 1 saturated heterocycles. The van der Waals surface area contributed by atoms with Crippen molar-refractivity contribution in [3.8, 4) is 5.75 Å². The van der Waals surface area contributed by atoms with E-state index in [9.17, 15) is 29.3 Å². The second kappa shape index (κ2) is 10.6.